The minimum Gasteiger partial charge on any atom is -0.454 e. The minimum atomic E-state index is 0.403. The topological polar surface area (TPSA) is 56.6 Å². The zero-order chi connectivity index (χ0) is 42.4. The van der Waals surface area contributed by atoms with Crippen molar-refractivity contribution < 1.29 is 8.83 Å². The molecule has 0 unspecified atom stereocenters. The van der Waals surface area contributed by atoms with Gasteiger partial charge in [0, 0.05) is 55.7 Å². The summed E-state index contributed by atoms with van der Waals surface area (Å²) in [5, 5.41) is 18.7. The average molecular weight is 802 g/mol. The van der Waals surface area contributed by atoms with Crippen molar-refractivity contribution in [3.63, 3.8) is 0 Å². The summed E-state index contributed by atoms with van der Waals surface area (Å²) in [7, 11) is 0. The Morgan fingerprint density at radius 2 is 0.774 bits per heavy atom. The second-order valence-electron chi connectivity index (χ2n) is 17.0. The van der Waals surface area contributed by atoms with Gasteiger partial charge in [0.1, 0.15) is 22.8 Å². The van der Waals surface area contributed by atoms with E-state index in [0.29, 0.717) is 16.7 Å². The molecule has 0 aliphatic heterocycles. The molecule has 0 aliphatic carbocycles. The number of aryl methyl sites for hydroxylation is 6. The van der Waals surface area contributed by atoms with Crippen molar-refractivity contribution in [3.05, 3.63) is 191 Å². The molecule has 2 heterocycles. The van der Waals surface area contributed by atoms with Gasteiger partial charge in [0.05, 0.1) is 0 Å². The normalized spacial score (nSPS) is 11.7. The second-order valence-corrected chi connectivity index (χ2v) is 17.0. The summed E-state index contributed by atoms with van der Waals surface area (Å²) in [4.78, 5) is 4.65. The van der Waals surface area contributed by atoms with E-state index in [0.717, 1.165) is 88.4 Å². The highest BCUT2D eigenvalue weighted by Crippen LogP contribution is 2.45. The Hall–Kier alpha value is -7.81. The van der Waals surface area contributed by atoms with E-state index < -0.39 is 0 Å². The Labute approximate surface area is 360 Å². The van der Waals surface area contributed by atoms with Crippen LogP contribution >= 0.6 is 0 Å². The van der Waals surface area contributed by atoms with E-state index in [1.54, 1.807) is 0 Å². The highest BCUT2D eigenvalue weighted by molar-refractivity contribution is 6.20. The quantitative estimate of drug-likeness (QED) is 0.168. The predicted octanol–water partition coefficient (Wildman–Crippen LogP) is 16.5. The number of benzene rings is 9. The van der Waals surface area contributed by atoms with E-state index in [9.17, 15) is 5.26 Å². The van der Waals surface area contributed by atoms with E-state index in [1.807, 2.05) is 0 Å². The Balaban J connectivity index is 1.04. The summed E-state index contributed by atoms with van der Waals surface area (Å²) in [5.41, 5.74) is 16.7. The van der Waals surface area contributed by atoms with E-state index >= 15 is 0 Å². The highest BCUT2D eigenvalue weighted by Gasteiger charge is 2.23. The van der Waals surface area contributed by atoms with Gasteiger partial charge in [-0.25, -0.2) is 0 Å². The Bertz CT molecular complexity index is 3430. The van der Waals surface area contributed by atoms with Gasteiger partial charge in [-0.3, -0.25) is 0 Å². The summed E-state index contributed by atoms with van der Waals surface area (Å²) < 4.78 is 13.3. The first-order chi connectivity index (χ1) is 30.1. The summed E-state index contributed by atoms with van der Waals surface area (Å²) in [6.45, 7) is 12.8. The summed E-state index contributed by atoms with van der Waals surface area (Å²) in [6.07, 6.45) is 0. The van der Waals surface area contributed by atoms with Crippen LogP contribution in [-0.4, -0.2) is 0 Å². The highest BCUT2D eigenvalue weighted by atomic mass is 16.3. The van der Waals surface area contributed by atoms with Crippen LogP contribution in [0.4, 0.5) is 34.1 Å². The minimum absolute atomic E-state index is 0.403. The van der Waals surface area contributed by atoms with E-state index in [1.165, 1.54) is 33.4 Å². The van der Waals surface area contributed by atoms with E-state index in [4.69, 9.17) is 8.83 Å². The molecule has 62 heavy (non-hydrogen) atoms. The third-order valence-corrected chi connectivity index (χ3v) is 12.5. The van der Waals surface area contributed by atoms with Crippen molar-refractivity contribution in [2.45, 2.75) is 41.5 Å². The first-order valence-corrected chi connectivity index (χ1v) is 21.1. The van der Waals surface area contributed by atoms with Crippen molar-refractivity contribution in [3.8, 4) is 6.07 Å². The lowest BCUT2D eigenvalue weighted by Gasteiger charge is -2.28. The molecule has 0 fully saturated rings. The molecule has 0 aliphatic rings. The molecule has 0 N–H and O–H groups in total. The van der Waals surface area contributed by atoms with Gasteiger partial charge in [-0.15, -0.1) is 0 Å². The molecule has 9 aromatic carbocycles. The third kappa shape index (κ3) is 6.06. The molecule has 0 atom stereocenters. The van der Waals surface area contributed by atoms with Gasteiger partial charge in [-0.1, -0.05) is 71.8 Å². The Morgan fingerprint density at radius 3 is 1.19 bits per heavy atom. The van der Waals surface area contributed by atoms with Gasteiger partial charge in [-0.2, -0.15) is 5.26 Å². The lowest BCUT2D eigenvalue weighted by Crippen LogP contribution is -2.11. The molecule has 2 aromatic heterocycles. The largest absolute Gasteiger partial charge is 0.454 e. The van der Waals surface area contributed by atoms with E-state index in [2.05, 4.69) is 209 Å². The van der Waals surface area contributed by atoms with Crippen LogP contribution in [-0.2, 0) is 0 Å². The standard InChI is InChI=1S/C57H43N3O2/c1-33-9-17-43(18-10-33)59(52-23-35(3)7-13-37(52)5)45-21-15-39-27-47-49-31-50-48-28-40-16-22-46(60(44-19-11-34(2)12-20-44)53-24-36(4)8-14-38(53)6)26-42(40)30-55(48)62-57(50)51(32-58)56(49)61-54(47)29-41(39)25-45/h7-31H,1-6H3. The zero-order valence-corrected chi connectivity index (χ0v) is 35.6. The SMILES string of the molecule is Cc1ccc(N(c2ccc3cc4c(cc3c2)oc2c(C#N)c3oc5cc6cc(N(c7ccc(C)cc7)c7cc(C)ccc7C)ccc6cc5c3cc24)c2cc(C)ccc2C)cc1. The van der Waals surface area contributed by atoms with E-state index in [-0.39, 0.29) is 0 Å². The third-order valence-electron chi connectivity index (χ3n) is 12.5. The first-order valence-electron chi connectivity index (χ1n) is 21.1. The number of nitriles is 1. The number of hydrogen-bond acceptors (Lipinski definition) is 5. The van der Waals surface area contributed by atoms with Crippen LogP contribution in [0, 0.1) is 52.9 Å². The fourth-order valence-corrected chi connectivity index (χ4v) is 9.14. The lowest BCUT2D eigenvalue weighted by atomic mass is 10.0. The first kappa shape index (κ1) is 37.2. The fraction of sp³-hybridized carbons (Fsp3) is 0.105. The molecule has 0 saturated carbocycles. The fourth-order valence-electron chi connectivity index (χ4n) is 9.14. The predicted molar refractivity (Wildman–Crippen MR) is 259 cm³/mol. The number of furan rings is 2. The van der Waals surface area contributed by atoms with Gasteiger partial charge in [0.2, 0.25) is 0 Å². The molecular formula is C57H43N3O2. The molecule has 11 rings (SSSR count). The lowest BCUT2D eigenvalue weighted by molar-refractivity contribution is 0.654. The van der Waals surface area contributed by atoms with Gasteiger partial charge < -0.3 is 18.6 Å². The monoisotopic (exact) mass is 801 g/mol. The van der Waals surface area contributed by atoms with Gasteiger partial charge in [0.15, 0.2) is 11.2 Å². The molecule has 0 saturated heterocycles. The van der Waals surface area contributed by atoms with Crippen molar-refractivity contribution >= 4 is 99.5 Å². The van der Waals surface area contributed by atoms with Gasteiger partial charge >= 0.3 is 0 Å². The number of hydrogen-bond donors (Lipinski definition) is 0. The maximum Gasteiger partial charge on any atom is 0.157 e. The molecule has 298 valence electrons. The Morgan fingerprint density at radius 1 is 0.371 bits per heavy atom. The zero-order valence-electron chi connectivity index (χ0n) is 35.6. The molecule has 11 aromatic rings. The number of anilines is 6. The summed E-state index contributed by atoms with van der Waals surface area (Å²) in [6, 6.07) is 57.0. The van der Waals surface area contributed by atoms with Crippen LogP contribution in [0.15, 0.2) is 160 Å². The number of rotatable bonds is 6. The van der Waals surface area contributed by atoms with Crippen LogP contribution in [0.5, 0.6) is 0 Å². The van der Waals surface area contributed by atoms with Gasteiger partial charge in [0.25, 0.3) is 0 Å². The Kier molecular flexibility index (Phi) is 8.49. The molecule has 0 bridgehead atoms. The van der Waals surface area contributed by atoms with Crippen molar-refractivity contribution in [2.75, 3.05) is 9.80 Å². The van der Waals surface area contributed by atoms with Crippen LogP contribution in [0.2, 0.25) is 0 Å². The van der Waals surface area contributed by atoms with Crippen molar-refractivity contribution in [1.82, 2.24) is 0 Å². The molecule has 5 nitrogen and oxygen atoms in total. The average Bonchev–Trinajstić information content (AvgIpc) is 3.81. The number of nitrogens with zero attached hydrogens (tertiary/aromatic N) is 3. The molecular weight excluding hydrogens is 759 g/mol. The second kappa shape index (κ2) is 14.1. The smallest absolute Gasteiger partial charge is 0.157 e. The maximum atomic E-state index is 10.7. The number of fused-ring (bicyclic) bond motifs is 8. The van der Waals surface area contributed by atoms with Crippen molar-refractivity contribution in [2.24, 2.45) is 0 Å². The molecule has 0 spiro atoms. The summed E-state index contributed by atoms with van der Waals surface area (Å²) >= 11 is 0. The summed E-state index contributed by atoms with van der Waals surface area (Å²) in [5.74, 6) is 0. The van der Waals surface area contributed by atoms with Crippen molar-refractivity contribution in [1.29, 1.82) is 5.26 Å². The van der Waals surface area contributed by atoms with Gasteiger partial charge in [-0.05, 0) is 176 Å². The molecule has 0 radical (unpaired) electrons. The molecule has 5 heteroatoms. The van der Waals surface area contributed by atoms with Crippen LogP contribution in [0.25, 0.3) is 65.4 Å². The van der Waals surface area contributed by atoms with Crippen LogP contribution in [0.3, 0.4) is 0 Å². The maximum absolute atomic E-state index is 10.7. The van der Waals surface area contributed by atoms with Crippen LogP contribution in [0.1, 0.15) is 38.9 Å². The molecule has 0 amide bonds. The van der Waals surface area contributed by atoms with Crippen LogP contribution < -0.4 is 9.80 Å².